The second-order valence-corrected chi connectivity index (χ2v) is 3.65. The van der Waals surface area contributed by atoms with E-state index in [1.165, 1.54) is 0 Å². The Hall–Kier alpha value is -1.49. The third-order valence-corrected chi connectivity index (χ3v) is 2.66. The Balaban J connectivity index is 2.27. The van der Waals surface area contributed by atoms with Gasteiger partial charge in [-0.25, -0.2) is 0 Å². The van der Waals surface area contributed by atoms with Gasteiger partial charge in [-0.05, 0) is 37.5 Å². The molecule has 2 nitrogen and oxygen atoms in total. The van der Waals surface area contributed by atoms with E-state index >= 15 is 0 Å². The van der Waals surface area contributed by atoms with Crippen molar-refractivity contribution < 1.29 is 4.74 Å². The summed E-state index contributed by atoms with van der Waals surface area (Å²) in [7, 11) is 0. The van der Waals surface area contributed by atoms with E-state index in [-0.39, 0.29) is 5.41 Å². The number of nitriles is 1. The molecule has 0 aliphatic heterocycles. The summed E-state index contributed by atoms with van der Waals surface area (Å²) in [6.45, 7) is 2.63. The van der Waals surface area contributed by atoms with Crippen LogP contribution in [-0.2, 0) is 5.41 Å². The van der Waals surface area contributed by atoms with E-state index in [2.05, 4.69) is 6.07 Å². The Kier molecular flexibility index (Phi) is 2.17. The predicted octanol–water partition coefficient (Wildman–Crippen LogP) is 2.64. The molecule has 1 aromatic carbocycles. The van der Waals surface area contributed by atoms with E-state index in [1.54, 1.807) is 0 Å². The van der Waals surface area contributed by atoms with Gasteiger partial charge in [-0.2, -0.15) is 5.26 Å². The lowest BCUT2D eigenvalue weighted by molar-refractivity contribution is 0.340. The van der Waals surface area contributed by atoms with Crippen molar-refractivity contribution in [2.24, 2.45) is 0 Å². The molecule has 1 fully saturated rings. The first-order valence-corrected chi connectivity index (χ1v) is 4.95. The largest absolute Gasteiger partial charge is 0.494 e. The van der Waals surface area contributed by atoms with Crippen LogP contribution in [0.5, 0.6) is 5.75 Å². The zero-order chi connectivity index (χ0) is 10.0. The molecule has 0 saturated heterocycles. The highest BCUT2D eigenvalue weighted by Crippen LogP contribution is 2.48. The molecule has 0 bridgehead atoms. The van der Waals surface area contributed by atoms with Gasteiger partial charge in [0, 0.05) is 0 Å². The molecule has 0 amide bonds. The molecule has 1 aliphatic carbocycles. The van der Waals surface area contributed by atoms with E-state index in [4.69, 9.17) is 10.00 Å². The van der Waals surface area contributed by atoms with E-state index in [1.807, 2.05) is 31.2 Å². The van der Waals surface area contributed by atoms with Crippen LogP contribution in [0, 0.1) is 11.3 Å². The van der Waals surface area contributed by atoms with Crippen LogP contribution < -0.4 is 4.74 Å². The Labute approximate surface area is 84.1 Å². The van der Waals surface area contributed by atoms with Gasteiger partial charge in [-0.15, -0.1) is 0 Å². The van der Waals surface area contributed by atoms with Crippen LogP contribution >= 0.6 is 0 Å². The van der Waals surface area contributed by atoms with Gasteiger partial charge in [-0.3, -0.25) is 0 Å². The smallest absolute Gasteiger partial charge is 0.119 e. The molecule has 0 radical (unpaired) electrons. The molecule has 2 heteroatoms. The maximum atomic E-state index is 9.04. The summed E-state index contributed by atoms with van der Waals surface area (Å²) < 4.78 is 5.40. The van der Waals surface area contributed by atoms with Gasteiger partial charge >= 0.3 is 0 Å². The molecule has 0 heterocycles. The quantitative estimate of drug-likeness (QED) is 0.728. The lowest BCUT2D eigenvalue weighted by atomic mass is 9.98. The highest BCUT2D eigenvalue weighted by atomic mass is 16.5. The third-order valence-electron chi connectivity index (χ3n) is 2.66. The first kappa shape index (κ1) is 9.08. The number of hydrogen-bond acceptors (Lipinski definition) is 2. The molecule has 1 aromatic rings. The van der Waals surface area contributed by atoms with E-state index < -0.39 is 0 Å². The Morgan fingerprint density at radius 3 is 2.86 bits per heavy atom. The van der Waals surface area contributed by atoms with Crippen molar-refractivity contribution in [2.45, 2.75) is 25.2 Å². The summed E-state index contributed by atoms with van der Waals surface area (Å²) in [5.41, 5.74) is 0.901. The summed E-state index contributed by atoms with van der Waals surface area (Å²) >= 11 is 0. The normalized spacial score (nSPS) is 17.1. The van der Waals surface area contributed by atoms with Crippen LogP contribution in [0.4, 0.5) is 0 Å². The summed E-state index contributed by atoms with van der Waals surface area (Å²) in [6.07, 6.45) is 1.97. The average molecular weight is 187 g/mol. The second-order valence-electron chi connectivity index (χ2n) is 3.65. The number of benzene rings is 1. The minimum absolute atomic E-state index is 0.201. The molecule has 0 spiro atoms. The zero-order valence-electron chi connectivity index (χ0n) is 8.29. The van der Waals surface area contributed by atoms with E-state index in [0.717, 1.165) is 24.2 Å². The summed E-state index contributed by atoms with van der Waals surface area (Å²) in [6, 6.07) is 10.3. The lowest BCUT2D eigenvalue weighted by Gasteiger charge is -2.08. The molecule has 1 saturated carbocycles. The predicted molar refractivity (Wildman–Crippen MR) is 54.1 cm³/mol. The number of hydrogen-bond donors (Lipinski definition) is 0. The van der Waals surface area contributed by atoms with Crippen LogP contribution in [0.2, 0.25) is 0 Å². The molecule has 1 aliphatic rings. The van der Waals surface area contributed by atoms with Crippen molar-refractivity contribution in [1.82, 2.24) is 0 Å². The van der Waals surface area contributed by atoms with Crippen LogP contribution in [-0.4, -0.2) is 6.61 Å². The Morgan fingerprint density at radius 2 is 2.29 bits per heavy atom. The Bertz CT molecular complexity index is 374. The fourth-order valence-electron chi connectivity index (χ4n) is 1.64. The second kappa shape index (κ2) is 3.34. The van der Waals surface area contributed by atoms with Gasteiger partial charge in [-0.1, -0.05) is 12.1 Å². The highest BCUT2D eigenvalue weighted by Gasteiger charge is 2.44. The van der Waals surface area contributed by atoms with Crippen molar-refractivity contribution in [1.29, 1.82) is 5.26 Å². The van der Waals surface area contributed by atoms with Crippen molar-refractivity contribution in [2.75, 3.05) is 6.61 Å². The Morgan fingerprint density at radius 1 is 1.50 bits per heavy atom. The van der Waals surface area contributed by atoms with Crippen molar-refractivity contribution in [3.05, 3.63) is 29.8 Å². The first-order chi connectivity index (χ1) is 6.80. The van der Waals surface area contributed by atoms with Crippen LogP contribution in [0.25, 0.3) is 0 Å². The minimum Gasteiger partial charge on any atom is -0.494 e. The number of ether oxygens (including phenoxy) is 1. The lowest BCUT2D eigenvalue weighted by Crippen LogP contribution is -2.02. The van der Waals surface area contributed by atoms with Gasteiger partial charge < -0.3 is 4.74 Å². The summed E-state index contributed by atoms with van der Waals surface area (Å²) in [5.74, 6) is 0.867. The topological polar surface area (TPSA) is 33.0 Å². The van der Waals surface area contributed by atoms with E-state index in [0.29, 0.717) is 6.61 Å². The highest BCUT2D eigenvalue weighted by molar-refractivity contribution is 5.42. The summed E-state index contributed by atoms with van der Waals surface area (Å²) in [4.78, 5) is 0. The first-order valence-electron chi connectivity index (χ1n) is 4.95. The fourth-order valence-corrected chi connectivity index (χ4v) is 1.64. The molecule has 14 heavy (non-hydrogen) atoms. The molecule has 0 unspecified atom stereocenters. The molecular weight excluding hydrogens is 174 g/mol. The molecule has 0 N–H and O–H groups in total. The third kappa shape index (κ3) is 1.46. The minimum atomic E-state index is -0.201. The average Bonchev–Trinajstić information content (AvgIpc) is 2.99. The van der Waals surface area contributed by atoms with Gasteiger partial charge in [0.1, 0.15) is 5.75 Å². The molecular formula is C12H13NO. The molecule has 72 valence electrons. The molecule has 2 rings (SSSR count). The van der Waals surface area contributed by atoms with Gasteiger partial charge in [0.05, 0.1) is 18.1 Å². The SMILES string of the molecule is CCOc1cccc(C2(C#N)CC2)c1. The number of rotatable bonds is 3. The maximum Gasteiger partial charge on any atom is 0.119 e. The summed E-state index contributed by atoms with van der Waals surface area (Å²) in [5, 5.41) is 9.04. The van der Waals surface area contributed by atoms with Crippen LogP contribution in [0.3, 0.4) is 0 Å². The molecule has 0 aromatic heterocycles. The van der Waals surface area contributed by atoms with Gasteiger partial charge in [0.25, 0.3) is 0 Å². The van der Waals surface area contributed by atoms with E-state index in [9.17, 15) is 0 Å². The van der Waals surface area contributed by atoms with Crippen LogP contribution in [0.1, 0.15) is 25.3 Å². The maximum absolute atomic E-state index is 9.04. The van der Waals surface area contributed by atoms with Gasteiger partial charge in [0.2, 0.25) is 0 Å². The monoisotopic (exact) mass is 187 g/mol. The molecule has 0 atom stereocenters. The van der Waals surface area contributed by atoms with Crippen molar-refractivity contribution in [3.63, 3.8) is 0 Å². The number of nitrogens with zero attached hydrogens (tertiary/aromatic N) is 1. The fraction of sp³-hybridized carbons (Fsp3) is 0.417. The van der Waals surface area contributed by atoms with Gasteiger partial charge in [0.15, 0.2) is 0 Å². The van der Waals surface area contributed by atoms with Crippen molar-refractivity contribution in [3.8, 4) is 11.8 Å². The standard InChI is InChI=1S/C12H13NO/c1-2-14-11-5-3-4-10(8-11)12(9-13)6-7-12/h3-5,8H,2,6-7H2,1H3. The van der Waals surface area contributed by atoms with Crippen molar-refractivity contribution >= 4 is 0 Å². The van der Waals surface area contributed by atoms with Crippen LogP contribution in [0.15, 0.2) is 24.3 Å². The zero-order valence-corrected chi connectivity index (χ0v) is 8.29.